The highest BCUT2D eigenvalue weighted by Crippen LogP contribution is 2.36. The van der Waals surface area contributed by atoms with E-state index in [1.54, 1.807) is 38.1 Å². The van der Waals surface area contributed by atoms with Gasteiger partial charge in [-0.2, -0.15) is 0 Å². The fourth-order valence-electron chi connectivity index (χ4n) is 1.76. The van der Waals surface area contributed by atoms with Gasteiger partial charge in [0.25, 0.3) is 0 Å². The molecule has 1 atom stereocenters. The van der Waals surface area contributed by atoms with Crippen LogP contribution in [0.5, 0.6) is 11.5 Å². The van der Waals surface area contributed by atoms with E-state index in [1.165, 1.54) is 6.07 Å². The fraction of sp³-hybridized carbons (Fsp3) is 0.200. The number of hydrogen-bond donors (Lipinski definition) is 1. The molecule has 0 bridgehead atoms. The fourth-order valence-corrected chi connectivity index (χ4v) is 2.26. The minimum Gasteiger partial charge on any atom is -0.455 e. The molecule has 0 saturated carbocycles. The number of hydrogen-bond acceptors (Lipinski definition) is 2. The molecule has 0 spiro atoms. The highest BCUT2D eigenvalue weighted by Gasteiger charge is 2.15. The Hall–Kier alpha value is -1.10. The zero-order valence-electron chi connectivity index (χ0n) is 11.0. The molecule has 0 saturated heterocycles. The van der Waals surface area contributed by atoms with Crippen molar-refractivity contribution >= 4 is 27.5 Å². The normalized spacial score (nSPS) is 12.3. The number of aryl methyl sites for hydroxylation is 1. The molecule has 0 radical (unpaired) electrons. The van der Waals surface area contributed by atoms with Gasteiger partial charge in [-0.05, 0) is 49.7 Å². The molecule has 2 aromatic rings. The van der Waals surface area contributed by atoms with E-state index in [4.69, 9.17) is 16.3 Å². The van der Waals surface area contributed by atoms with Gasteiger partial charge in [-0.1, -0.05) is 27.5 Å². The van der Waals surface area contributed by atoms with Crippen LogP contribution >= 0.6 is 27.5 Å². The molecule has 0 aliphatic heterocycles. The molecule has 0 fully saturated rings. The third-order valence-electron chi connectivity index (χ3n) is 2.85. The standard InChI is InChI=1S/C15H13BrClFO2/c1-8-5-14(11(9(2)19)7-13(8)18)20-15-6-10(16)3-4-12(15)17/h3-7,9,19H,1-2H3/t9-/m0/s1. The first kappa shape index (κ1) is 15.3. The van der Waals surface area contributed by atoms with E-state index in [0.717, 1.165) is 4.47 Å². The van der Waals surface area contributed by atoms with E-state index in [-0.39, 0.29) is 5.82 Å². The number of halogens is 3. The van der Waals surface area contributed by atoms with E-state index >= 15 is 0 Å². The molecular formula is C15H13BrClFO2. The third kappa shape index (κ3) is 3.32. The molecule has 5 heteroatoms. The van der Waals surface area contributed by atoms with Crippen LogP contribution in [-0.4, -0.2) is 5.11 Å². The Balaban J connectivity index is 2.47. The monoisotopic (exact) mass is 358 g/mol. The summed E-state index contributed by atoms with van der Waals surface area (Å²) >= 11 is 9.40. The predicted octanol–water partition coefficient (Wildman–Crippen LogP) is 5.40. The zero-order chi connectivity index (χ0) is 14.9. The van der Waals surface area contributed by atoms with Crippen LogP contribution < -0.4 is 4.74 Å². The van der Waals surface area contributed by atoms with Crippen LogP contribution in [0.2, 0.25) is 5.02 Å². The molecular weight excluding hydrogens is 347 g/mol. The van der Waals surface area contributed by atoms with Crippen molar-refractivity contribution in [3.8, 4) is 11.5 Å². The highest BCUT2D eigenvalue weighted by atomic mass is 79.9. The Morgan fingerprint density at radius 2 is 1.95 bits per heavy atom. The van der Waals surface area contributed by atoms with Gasteiger partial charge in [0.15, 0.2) is 0 Å². The zero-order valence-corrected chi connectivity index (χ0v) is 13.3. The van der Waals surface area contributed by atoms with Gasteiger partial charge in [0.1, 0.15) is 17.3 Å². The summed E-state index contributed by atoms with van der Waals surface area (Å²) in [5.74, 6) is 0.446. The van der Waals surface area contributed by atoms with Gasteiger partial charge >= 0.3 is 0 Å². The number of aliphatic hydroxyl groups is 1. The Morgan fingerprint density at radius 1 is 1.25 bits per heavy atom. The second kappa shape index (κ2) is 6.12. The van der Waals surface area contributed by atoms with Crippen LogP contribution in [0.25, 0.3) is 0 Å². The van der Waals surface area contributed by atoms with Crippen molar-refractivity contribution in [1.82, 2.24) is 0 Å². The Bertz CT molecular complexity index is 644. The first-order valence-electron chi connectivity index (χ1n) is 5.99. The van der Waals surface area contributed by atoms with Crippen LogP contribution in [0.3, 0.4) is 0 Å². The predicted molar refractivity (Wildman–Crippen MR) is 81.0 cm³/mol. The Morgan fingerprint density at radius 3 is 2.60 bits per heavy atom. The van der Waals surface area contributed by atoms with Gasteiger partial charge in [-0.15, -0.1) is 0 Å². The van der Waals surface area contributed by atoms with Crippen LogP contribution in [-0.2, 0) is 0 Å². The summed E-state index contributed by atoms with van der Waals surface area (Å²) in [6, 6.07) is 8.03. The van der Waals surface area contributed by atoms with Gasteiger partial charge in [0.2, 0.25) is 0 Å². The average molecular weight is 360 g/mol. The molecule has 106 valence electrons. The average Bonchev–Trinajstić information content (AvgIpc) is 2.37. The van der Waals surface area contributed by atoms with Crippen molar-refractivity contribution in [2.75, 3.05) is 0 Å². The van der Waals surface area contributed by atoms with Crippen molar-refractivity contribution in [3.63, 3.8) is 0 Å². The molecule has 0 unspecified atom stereocenters. The number of ether oxygens (including phenoxy) is 1. The maximum atomic E-state index is 13.6. The lowest BCUT2D eigenvalue weighted by atomic mass is 10.1. The molecule has 2 nitrogen and oxygen atoms in total. The van der Waals surface area contributed by atoms with Gasteiger partial charge < -0.3 is 9.84 Å². The van der Waals surface area contributed by atoms with Crippen molar-refractivity contribution in [1.29, 1.82) is 0 Å². The summed E-state index contributed by atoms with van der Waals surface area (Å²) in [7, 11) is 0. The minimum absolute atomic E-state index is 0.379. The summed E-state index contributed by atoms with van der Waals surface area (Å²) in [6.45, 7) is 3.19. The summed E-state index contributed by atoms with van der Waals surface area (Å²) in [4.78, 5) is 0. The molecule has 0 aliphatic rings. The van der Waals surface area contributed by atoms with Crippen molar-refractivity contribution in [2.24, 2.45) is 0 Å². The molecule has 0 aliphatic carbocycles. The first-order valence-corrected chi connectivity index (χ1v) is 7.16. The van der Waals surface area contributed by atoms with Gasteiger partial charge in [-0.25, -0.2) is 4.39 Å². The SMILES string of the molecule is Cc1cc(Oc2cc(Br)ccc2Cl)c([C@H](C)O)cc1F. The Kier molecular flexibility index (Phi) is 4.68. The molecule has 20 heavy (non-hydrogen) atoms. The molecule has 2 rings (SSSR count). The van der Waals surface area contributed by atoms with E-state index in [2.05, 4.69) is 15.9 Å². The van der Waals surface area contributed by atoms with E-state index in [1.807, 2.05) is 0 Å². The Labute approximate surface area is 130 Å². The molecule has 0 aromatic heterocycles. The quantitative estimate of drug-likeness (QED) is 0.795. The summed E-state index contributed by atoms with van der Waals surface area (Å²) in [5.41, 5.74) is 0.819. The number of rotatable bonds is 3. The molecule has 1 N–H and O–H groups in total. The van der Waals surface area contributed by atoms with E-state index < -0.39 is 6.10 Å². The van der Waals surface area contributed by atoms with Gasteiger partial charge in [0, 0.05) is 10.0 Å². The van der Waals surface area contributed by atoms with E-state index in [0.29, 0.717) is 27.6 Å². The maximum absolute atomic E-state index is 13.6. The smallest absolute Gasteiger partial charge is 0.147 e. The lowest BCUT2D eigenvalue weighted by Gasteiger charge is -2.15. The molecule has 0 amide bonds. The van der Waals surface area contributed by atoms with Crippen LogP contribution in [0.15, 0.2) is 34.8 Å². The van der Waals surface area contributed by atoms with Crippen LogP contribution in [0, 0.1) is 12.7 Å². The highest BCUT2D eigenvalue weighted by molar-refractivity contribution is 9.10. The third-order valence-corrected chi connectivity index (χ3v) is 3.66. The van der Waals surface area contributed by atoms with Gasteiger partial charge in [0.05, 0.1) is 11.1 Å². The molecule has 2 aromatic carbocycles. The van der Waals surface area contributed by atoms with Crippen molar-refractivity contribution in [2.45, 2.75) is 20.0 Å². The second-order valence-electron chi connectivity index (χ2n) is 4.49. The van der Waals surface area contributed by atoms with Crippen LogP contribution in [0.4, 0.5) is 4.39 Å². The lowest BCUT2D eigenvalue weighted by molar-refractivity contribution is 0.195. The number of aliphatic hydroxyl groups excluding tert-OH is 1. The van der Waals surface area contributed by atoms with Crippen molar-refractivity contribution < 1.29 is 14.2 Å². The minimum atomic E-state index is -0.842. The maximum Gasteiger partial charge on any atom is 0.147 e. The van der Waals surface area contributed by atoms with E-state index in [9.17, 15) is 9.50 Å². The first-order chi connectivity index (χ1) is 9.38. The van der Waals surface area contributed by atoms with Crippen molar-refractivity contribution in [3.05, 3.63) is 56.8 Å². The topological polar surface area (TPSA) is 29.5 Å². The van der Waals surface area contributed by atoms with Gasteiger partial charge in [-0.3, -0.25) is 0 Å². The lowest BCUT2D eigenvalue weighted by Crippen LogP contribution is -1.99. The summed E-state index contributed by atoms with van der Waals surface area (Å²) in [6.07, 6.45) is -0.842. The van der Waals surface area contributed by atoms with Crippen LogP contribution in [0.1, 0.15) is 24.2 Å². The second-order valence-corrected chi connectivity index (χ2v) is 5.81. The summed E-state index contributed by atoms with van der Waals surface area (Å²) in [5, 5.41) is 10.2. The largest absolute Gasteiger partial charge is 0.455 e. The number of benzene rings is 2. The molecule has 0 heterocycles. The summed E-state index contributed by atoms with van der Waals surface area (Å²) < 4.78 is 20.1.